The van der Waals surface area contributed by atoms with Gasteiger partial charge in [-0.15, -0.1) is 21.5 Å². The van der Waals surface area contributed by atoms with Gasteiger partial charge in [-0.3, -0.25) is 4.40 Å². The van der Waals surface area contributed by atoms with Crippen molar-refractivity contribution in [1.82, 2.24) is 19.6 Å². The van der Waals surface area contributed by atoms with Crippen molar-refractivity contribution < 1.29 is 4.39 Å². The molecule has 5 rings (SSSR count). The molecule has 3 aromatic heterocycles. The van der Waals surface area contributed by atoms with Crippen LogP contribution in [0.3, 0.4) is 0 Å². The van der Waals surface area contributed by atoms with Crippen molar-refractivity contribution in [2.75, 3.05) is 0 Å². The lowest BCUT2D eigenvalue weighted by Crippen LogP contribution is -2.09. The van der Waals surface area contributed by atoms with Crippen molar-refractivity contribution in [3.63, 3.8) is 0 Å². The minimum atomic E-state index is -0.256. The molecule has 0 spiro atoms. The zero-order valence-corrected chi connectivity index (χ0v) is 14.0. The maximum atomic E-state index is 13.2. The van der Waals surface area contributed by atoms with Gasteiger partial charge in [0.15, 0.2) is 11.5 Å². The van der Waals surface area contributed by atoms with Crippen LogP contribution in [0.4, 0.5) is 4.39 Å². The predicted octanol–water partition coefficient (Wildman–Crippen LogP) is 4.27. The normalized spacial score (nSPS) is 17.5. The zero-order valence-electron chi connectivity index (χ0n) is 13.2. The van der Waals surface area contributed by atoms with Crippen molar-refractivity contribution >= 4 is 27.2 Å². The summed E-state index contributed by atoms with van der Waals surface area (Å²) in [6.07, 6.45) is 5.23. The van der Waals surface area contributed by atoms with E-state index in [4.69, 9.17) is 0 Å². The molecule has 1 unspecified atom stereocenters. The van der Waals surface area contributed by atoms with E-state index in [1.807, 2.05) is 4.40 Å². The van der Waals surface area contributed by atoms with Crippen molar-refractivity contribution in [2.24, 2.45) is 5.92 Å². The summed E-state index contributed by atoms with van der Waals surface area (Å²) in [7, 11) is 0. The molecule has 1 aromatic carbocycles. The molecular formula is C18H15FN4S. The first-order chi connectivity index (χ1) is 11.7. The van der Waals surface area contributed by atoms with Gasteiger partial charge in [-0.05, 0) is 55.0 Å². The molecule has 3 heterocycles. The topological polar surface area (TPSA) is 43.1 Å². The molecule has 1 aliphatic carbocycles. The molecule has 4 aromatic rings. The molecule has 120 valence electrons. The number of rotatable bonds is 1. The fourth-order valence-corrected chi connectivity index (χ4v) is 4.72. The molecule has 0 saturated heterocycles. The Morgan fingerprint density at radius 1 is 1.21 bits per heavy atom. The second-order valence-corrected chi connectivity index (χ2v) is 7.58. The second-order valence-electron chi connectivity index (χ2n) is 6.50. The first-order valence-corrected chi connectivity index (χ1v) is 8.92. The van der Waals surface area contributed by atoms with Gasteiger partial charge in [-0.2, -0.15) is 0 Å². The van der Waals surface area contributed by atoms with E-state index >= 15 is 0 Å². The van der Waals surface area contributed by atoms with Crippen LogP contribution in [0.2, 0.25) is 0 Å². The van der Waals surface area contributed by atoms with Crippen LogP contribution in [0.5, 0.6) is 0 Å². The first-order valence-electron chi connectivity index (χ1n) is 8.10. The first kappa shape index (κ1) is 14.0. The minimum absolute atomic E-state index is 0.256. The van der Waals surface area contributed by atoms with Gasteiger partial charge in [0.05, 0.1) is 5.39 Å². The molecule has 0 radical (unpaired) electrons. The van der Waals surface area contributed by atoms with E-state index in [1.54, 1.807) is 29.8 Å². The van der Waals surface area contributed by atoms with E-state index in [-0.39, 0.29) is 5.82 Å². The summed E-state index contributed by atoms with van der Waals surface area (Å²) < 4.78 is 15.1. The number of fused-ring (bicyclic) bond motifs is 5. The van der Waals surface area contributed by atoms with Crippen LogP contribution in [0.1, 0.15) is 23.8 Å². The molecule has 0 amide bonds. The summed E-state index contributed by atoms with van der Waals surface area (Å²) >= 11 is 1.78. The summed E-state index contributed by atoms with van der Waals surface area (Å²) in [6, 6.07) is 6.33. The Morgan fingerprint density at radius 2 is 2.04 bits per heavy atom. The van der Waals surface area contributed by atoms with Gasteiger partial charge < -0.3 is 0 Å². The lowest BCUT2D eigenvalue weighted by Gasteiger charge is -2.17. The summed E-state index contributed by atoms with van der Waals surface area (Å²) in [5, 5.41) is 9.93. The molecule has 0 bridgehead atoms. The molecular weight excluding hydrogens is 323 g/mol. The Kier molecular flexibility index (Phi) is 2.97. The molecule has 0 aliphatic heterocycles. The lowest BCUT2D eigenvalue weighted by atomic mass is 9.89. The fraction of sp³-hybridized carbons (Fsp3) is 0.278. The smallest absolute Gasteiger partial charge is 0.172 e. The van der Waals surface area contributed by atoms with Gasteiger partial charge in [0, 0.05) is 10.4 Å². The third kappa shape index (κ3) is 1.99. The van der Waals surface area contributed by atoms with Gasteiger partial charge >= 0.3 is 0 Å². The van der Waals surface area contributed by atoms with Gasteiger partial charge in [0.25, 0.3) is 0 Å². The Hall–Kier alpha value is -2.34. The van der Waals surface area contributed by atoms with Crippen LogP contribution in [-0.4, -0.2) is 19.6 Å². The Balaban J connectivity index is 1.77. The van der Waals surface area contributed by atoms with E-state index in [0.29, 0.717) is 11.7 Å². The standard InChI is InChI=1S/C18H15FN4S/c1-10-2-7-14-13(8-10)15-17-22-21-16(11-3-5-12(19)6-4-11)23(17)9-20-18(15)24-14/h3-6,9-10H,2,7-8H2,1H3. The highest BCUT2D eigenvalue weighted by Gasteiger charge is 2.24. The van der Waals surface area contributed by atoms with Crippen LogP contribution < -0.4 is 0 Å². The van der Waals surface area contributed by atoms with E-state index in [9.17, 15) is 4.39 Å². The van der Waals surface area contributed by atoms with E-state index in [2.05, 4.69) is 22.1 Å². The molecule has 24 heavy (non-hydrogen) atoms. The third-order valence-electron chi connectivity index (χ3n) is 4.80. The molecule has 6 heteroatoms. The van der Waals surface area contributed by atoms with Crippen LogP contribution in [0.15, 0.2) is 30.6 Å². The lowest BCUT2D eigenvalue weighted by molar-refractivity contribution is 0.508. The highest BCUT2D eigenvalue weighted by Crippen LogP contribution is 2.39. The van der Waals surface area contributed by atoms with Crippen molar-refractivity contribution in [2.45, 2.75) is 26.2 Å². The second kappa shape index (κ2) is 5.08. The largest absolute Gasteiger partial charge is 0.265 e. The monoisotopic (exact) mass is 338 g/mol. The Bertz CT molecular complexity index is 1060. The Labute approximate surface area is 142 Å². The molecule has 0 fully saturated rings. The van der Waals surface area contributed by atoms with Crippen LogP contribution in [0, 0.1) is 11.7 Å². The maximum Gasteiger partial charge on any atom is 0.172 e. The summed E-state index contributed by atoms with van der Waals surface area (Å²) in [4.78, 5) is 7.12. The number of thiophene rings is 1. The number of halogens is 1. The summed E-state index contributed by atoms with van der Waals surface area (Å²) in [6.45, 7) is 2.30. The highest BCUT2D eigenvalue weighted by atomic mass is 32.1. The number of aryl methyl sites for hydroxylation is 1. The minimum Gasteiger partial charge on any atom is -0.265 e. The van der Waals surface area contributed by atoms with E-state index in [1.165, 1.54) is 29.0 Å². The Morgan fingerprint density at radius 3 is 2.88 bits per heavy atom. The number of hydrogen-bond acceptors (Lipinski definition) is 4. The highest BCUT2D eigenvalue weighted by molar-refractivity contribution is 7.19. The molecule has 0 saturated carbocycles. The maximum absolute atomic E-state index is 13.2. The third-order valence-corrected chi connectivity index (χ3v) is 6.00. The van der Waals surface area contributed by atoms with E-state index in [0.717, 1.165) is 34.3 Å². The number of aromatic nitrogens is 4. The summed E-state index contributed by atoms with van der Waals surface area (Å²) in [5.74, 6) is 1.13. The van der Waals surface area contributed by atoms with Gasteiger partial charge in [-0.1, -0.05) is 6.92 Å². The number of nitrogens with zero attached hydrogens (tertiary/aromatic N) is 4. The van der Waals surface area contributed by atoms with Crippen molar-refractivity contribution in [3.05, 3.63) is 46.9 Å². The van der Waals surface area contributed by atoms with Crippen molar-refractivity contribution in [3.8, 4) is 11.4 Å². The van der Waals surface area contributed by atoms with Crippen LogP contribution >= 0.6 is 11.3 Å². The van der Waals surface area contributed by atoms with Crippen LogP contribution in [-0.2, 0) is 12.8 Å². The van der Waals surface area contributed by atoms with E-state index < -0.39 is 0 Å². The number of hydrogen-bond donors (Lipinski definition) is 0. The van der Waals surface area contributed by atoms with Crippen molar-refractivity contribution in [1.29, 1.82) is 0 Å². The van der Waals surface area contributed by atoms with Gasteiger partial charge in [0.2, 0.25) is 0 Å². The summed E-state index contributed by atoms with van der Waals surface area (Å²) in [5.41, 5.74) is 3.08. The van der Waals surface area contributed by atoms with Gasteiger partial charge in [-0.25, -0.2) is 9.37 Å². The molecule has 0 N–H and O–H groups in total. The SMILES string of the molecule is CC1CCc2sc3ncn4c(-c5ccc(F)cc5)nnc4c3c2C1. The average molecular weight is 338 g/mol. The average Bonchev–Trinajstić information content (AvgIpc) is 3.16. The molecule has 1 aliphatic rings. The molecule has 1 atom stereocenters. The predicted molar refractivity (Wildman–Crippen MR) is 92.7 cm³/mol. The number of benzene rings is 1. The van der Waals surface area contributed by atoms with Crippen LogP contribution in [0.25, 0.3) is 27.3 Å². The zero-order chi connectivity index (χ0) is 16.3. The fourth-order valence-electron chi connectivity index (χ4n) is 3.54. The van der Waals surface area contributed by atoms with Gasteiger partial charge in [0.1, 0.15) is 17.0 Å². The molecule has 4 nitrogen and oxygen atoms in total. The quantitative estimate of drug-likeness (QED) is 0.520.